The van der Waals surface area contributed by atoms with Crippen molar-refractivity contribution in [3.05, 3.63) is 36.5 Å². The maximum absolute atomic E-state index is 6.20. The van der Waals surface area contributed by atoms with E-state index in [0.717, 1.165) is 22.7 Å². The van der Waals surface area contributed by atoms with E-state index in [0.29, 0.717) is 0 Å². The van der Waals surface area contributed by atoms with Crippen LogP contribution in [0.1, 0.15) is 18.1 Å². The molecule has 3 aromatic heterocycles. The highest BCUT2D eigenvalue weighted by Crippen LogP contribution is 2.26. The van der Waals surface area contributed by atoms with Crippen molar-refractivity contribution in [1.82, 2.24) is 24.3 Å². The van der Waals surface area contributed by atoms with Crippen molar-refractivity contribution in [2.24, 2.45) is 7.05 Å². The lowest BCUT2D eigenvalue weighted by molar-refractivity contribution is 0.744. The Labute approximate surface area is 109 Å². The summed E-state index contributed by atoms with van der Waals surface area (Å²) < 4.78 is 3.72. The number of rotatable bonds is 2. The van der Waals surface area contributed by atoms with Crippen LogP contribution in [0.2, 0.25) is 0 Å². The van der Waals surface area contributed by atoms with Crippen molar-refractivity contribution in [3.8, 4) is 5.82 Å². The molecule has 0 aliphatic carbocycles. The molecule has 0 aliphatic heterocycles. The minimum atomic E-state index is -0.195. The van der Waals surface area contributed by atoms with E-state index in [1.54, 1.807) is 17.1 Å². The van der Waals surface area contributed by atoms with Gasteiger partial charge in [-0.05, 0) is 13.0 Å². The molecule has 3 rings (SSSR count). The van der Waals surface area contributed by atoms with Gasteiger partial charge in [-0.15, -0.1) is 11.6 Å². The monoisotopic (exact) mass is 261 g/mol. The van der Waals surface area contributed by atoms with Gasteiger partial charge in [-0.1, -0.05) is 0 Å². The highest BCUT2D eigenvalue weighted by molar-refractivity contribution is 6.20. The number of aromatic nitrogens is 5. The van der Waals surface area contributed by atoms with Crippen molar-refractivity contribution in [1.29, 1.82) is 0 Å². The molecule has 0 aliphatic rings. The van der Waals surface area contributed by atoms with Crippen molar-refractivity contribution < 1.29 is 0 Å². The zero-order valence-corrected chi connectivity index (χ0v) is 10.8. The number of alkyl halides is 1. The largest absolute Gasteiger partial charge is 0.277 e. The molecule has 6 heteroatoms. The van der Waals surface area contributed by atoms with E-state index in [1.807, 2.05) is 36.9 Å². The van der Waals surface area contributed by atoms with Crippen molar-refractivity contribution in [2.45, 2.75) is 12.3 Å². The standard InChI is InChI=1S/C12H12ClN5/c1-8(13)12-15-9-7-14-5-3-10(9)18(12)11-4-6-17(2)16-11/h3-8H,1-2H3. The lowest BCUT2D eigenvalue weighted by atomic mass is 10.4. The molecule has 0 N–H and O–H groups in total. The van der Waals surface area contributed by atoms with Gasteiger partial charge in [0.2, 0.25) is 0 Å². The quantitative estimate of drug-likeness (QED) is 0.666. The molecule has 92 valence electrons. The van der Waals surface area contributed by atoms with Gasteiger partial charge < -0.3 is 0 Å². The summed E-state index contributed by atoms with van der Waals surface area (Å²) in [4.78, 5) is 8.60. The van der Waals surface area contributed by atoms with Gasteiger partial charge in [-0.2, -0.15) is 5.10 Å². The normalized spacial score (nSPS) is 13.1. The smallest absolute Gasteiger partial charge is 0.160 e. The van der Waals surface area contributed by atoms with E-state index < -0.39 is 0 Å². The summed E-state index contributed by atoms with van der Waals surface area (Å²) >= 11 is 6.20. The molecule has 3 aromatic rings. The molecule has 0 aromatic carbocycles. The van der Waals surface area contributed by atoms with Crippen LogP contribution in [-0.2, 0) is 7.05 Å². The number of halogens is 1. The molecule has 1 atom stereocenters. The summed E-state index contributed by atoms with van der Waals surface area (Å²) in [7, 11) is 1.88. The van der Waals surface area contributed by atoms with Crippen LogP contribution in [0.25, 0.3) is 16.9 Å². The van der Waals surface area contributed by atoms with Crippen LogP contribution in [0.4, 0.5) is 0 Å². The van der Waals surface area contributed by atoms with Gasteiger partial charge in [0.05, 0.1) is 17.1 Å². The van der Waals surface area contributed by atoms with Gasteiger partial charge in [0.1, 0.15) is 11.3 Å². The predicted octanol–water partition coefficient (Wildman–Crippen LogP) is 2.45. The third-order valence-corrected chi connectivity index (χ3v) is 2.96. The third kappa shape index (κ3) is 1.67. The molecule has 0 amide bonds. The minimum absolute atomic E-state index is 0.195. The average Bonchev–Trinajstić information content (AvgIpc) is 2.92. The molecule has 1 unspecified atom stereocenters. The topological polar surface area (TPSA) is 48.5 Å². The van der Waals surface area contributed by atoms with Gasteiger partial charge in [-0.25, -0.2) is 4.98 Å². The molecular weight excluding hydrogens is 250 g/mol. The Kier molecular flexibility index (Phi) is 2.56. The first-order valence-corrected chi connectivity index (χ1v) is 6.07. The van der Waals surface area contributed by atoms with Crippen LogP contribution in [0.3, 0.4) is 0 Å². The second kappa shape index (κ2) is 4.10. The summed E-state index contributed by atoms with van der Waals surface area (Å²) in [5, 5.41) is 4.21. The first kappa shape index (κ1) is 11.2. The summed E-state index contributed by atoms with van der Waals surface area (Å²) in [5.41, 5.74) is 1.79. The maximum atomic E-state index is 6.20. The second-order valence-electron chi connectivity index (χ2n) is 4.13. The van der Waals surface area contributed by atoms with E-state index >= 15 is 0 Å². The average molecular weight is 262 g/mol. The lowest BCUT2D eigenvalue weighted by Gasteiger charge is -2.06. The van der Waals surface area contributed by atoms with Crippen LogP contribution in [0.15, 0.2) is 30.7 Å². The number of hydrogen-bond donors (Lipinski definition) is 0. The Morgan fingerprint density at radius 1 is 1.33 bits per heavy atom. The molecule has 0 fully saturated rings. The van der Waals surface area contributed by atoms with Gasteiger partial charge in [0, 0.05) is 25.5 Å². The summed E-state index contributed by atoms with van der Waals surface area (Å²) in [6.07, 6.45) is 5.37. The highest BCUT2D eigenvalue weighted by atomic mass is 35.5. The number of fused-ring (bicyclic) bond motifs is 1. The maximum Gasteiger partial charge on any atom is 0.160 e. The van der Waals surface area contributed by atoms with E-state index in [1.165, 1.54) is 0 Å². The number of aryl methyl sites for hydroxylation is 1. The van der Waals surface area contributed by atoms with Crippen molar-refractivity contribution in [3.63, 3.8) is 0 Å². The van der Waals surface area contributed by atoms with E-state index in [9.17, 15) is 0 Å². The SMILES string of the molecule is CC(Cl)c1nc2cnccc2n1-c1ccn(C)n1. The Morgan fingerprint density at radius 2 is 2.17 bits per heavy atom. The van der Waals surface area contributed by atoms with Crippen LogP contribution < -0.4 is 0 Å². The van der Waals surface area contributed by atoms with Crippen molar-refractivity contribution in [2.75, 3.05) is 0 Å². The zero-order chi connectivity index (χ0) is 12.7. The highest BCUT2D eigenvalue weighted by Gasteiger charge is 2.17. The van der Waals surface area contributed by atoms with E-state index in [-0.39, 0.29) is 5.38 Å². The van der Waals surface area contributed by atoms with Crippen molar-refractivity contribution >= 4 is 22.6 Å². The Hall–Kier alpha value is -1.88. The summed E-state index contributed by atoms with van der Waals surface area (Å²) in [5.74, 6) is 1.59. The molecule has 0 spiro atoms. The van der Waals surface area contributed by atoms with Crippen LogP contribution in [-0.4, -0.2) is 24.3 Å². The van der Waals surface area contributed by atoms with Gasteiger partial charge in [0.15, 0.2) is 5.82 Å². The van der Waals surface area contributed by atoms with Crippen LogP contribution in [0, 0.1) is 0 Å². The molecule has 0 bridgehead atoms. The fourth-order valence-corrected chi connectivity index (χ4v) is 2.13. The van der Waals surface area contributed by atoms with Crippen LogP contribution in [0.5, 0.6) is 0 Å². The Balaban J connectivity index is 2.34. The fraction of sp³-hybridized carbons (Fsp3) is 0.250. The number of nitrogens with zero attached hydrogens (tertiary/aromatic N) is 5. The Bertz CT molecular complexity index is 697. The number of imidazole rings is 1. The molecular formula is C12H12ClN5. The Morgan fingerprint density at radius 3 is 2.83 bits per heavy atom. The molecule has 0 radical (unpaired) electrons. The van der Waals surface area contributed by atoms with E-state index in [4.69, 9.17) is 11.6 Å². The number of hydrogen-bond acceptors (Lipinski definition) is 3. The van der Waals surface area contributed by atoms with Gasteiger partial charge in [0.25, 0.3) is 0 Å². The number of pyridine rings is 1. The van der Waals surface area contributed by atoms with E-state index in [2.05, 4.69) is 15.1 Å². The summed E-state index contributed by atoms with van der Waals surface area (Å²) in [6.45, 7) is 1.90. The zero-order valence-electron chi connectivity index (χ0n) is 10.1. The lowest BCUT2D eigenvalue weighted by Crippen LogP contribution is -2.03. The fourth-order valence-electron chi connectivity index (χ4n) is 1.98. The molecule has 0 saturated heterocycles. The third-order valence-electron chi connectivity index (χ3n) is 2.77. The molecule has 0 saturated carbocycles. The predicted molar refractivity (Wildman–Crippen MR) is 69.9 cm³/mol. The summed E-state index contributed by atoms with van der Waals surface area (Å²) in [6, 6.07) is 3.85. The molecule has 18 heavy (non-hydrogen) atoms. The van der Waals surface area contributed by atoms with Gasteiger partial charge in [-0.3, -0.25) is 14.2 Å². The first-order valence-electron chi connectivity index (χ1n) is 5.63. The minimum Gasteiger partial charge on any atom is -0.277 e. The van der Waals surface area contributed by atoms with Gasteiger partial charge >= 0.3 is 0 Å². The second-order valence-corrected chi connectivity index (χ2v) is 4.79. The molecule has 3 heterocycles. The first-order chi connectivity index (χ1) is 8.66. The molecule has 5 nitrogen and oxygen atoms in total. The van der Waals surface area contributed by atoms with Crippen LogP contribution >= 0.6 is 11.6 Å².